The highest BCUT2D eigenvalue weighted by atomic mass is 79.9. The molecular weight excluding hydrogens is 380 g/mol. The first-order valence-electron chi connectivity index (χ1n) is 9.55. The van der Waals surface area contributed by atoms with Crippen molar-refractivity contribution in [1.82, 2.24) is 14.9 Å². The van der Waals surface area contributed by atoms with Gasteiger partial charge in [0, 0.05) is 39.1 Å². The van der Waals surface area contributed by atoms with Crippen molar-refractivity contribution < 1.29 is 4.74 Å². The minimum Gasteiger partial charge on any atom is -0.383 e. The molecule has 0 radical (unpaired) electrons. The molecule has 5 nitrogen and oxygen atoms in total. The van der Waals surface area contributed by atoms with Crippen LogP contribution in [-0.2, 0) is 4.74 Å². The summed E-state index contributed by atoms with van der Waals surface area (Å²) in [4.78, 5) is 13.6. The van der Waals surface area contributed by atoms with Crippen LogP contribution in [0.15, 0.2) is 16.9 Å². The van der Waals surface area contributed by atoms with E-state index < -0.39 is 0 Å². The number of nitrogens with zero attached hydrogens (tertiary/aromatic N) is 4. The van der Waals surface area contributed by atoms with Gasteiger partial charge in [-0.3, -0.25) is 0 Å². The molecule has 25 heavy (non-hydrogen) atoms. The number of anilines is 1. The molecule has 1 aliphatic carbocycles. The van der Waals surface area contributed by atoms with E-state index in [1.807, 2.05) is 12.4 Å². The zero-order chi connectivity index (χ0) is 18.1. The zero-order valence-electron chi connectivity index (χ0n) is 16.0. The summed E-state index contributed by atoms with van der Waals surface area (Å²) in [5, 5.41) is 0. The van der Waals surface area contributed by atoms with Gasteiger partial charge in [0.05, 0.1) is 11.1 Å². The Morgan fingerprint density at radius 3 is 2.44 bits per heavy atom. The van der Waals surface area contributed by atoms with E-state index in [-0.39, 0.29) is 0 Å². The first-order valence-corrected chi connectivity index (χ1v) is 10.3. The van der Waals surface area contributed by atoms with Gasteiger partial charge in [-0.2, -0.15) is 0 Å². The second kappa shape index (κ2) is 11.1. The molecule has 0 aliphatic heterocycles. The Hall–Kier alpha value is -0.720. The molecule has 0 N–H and O–H groups in total. The lowest BCUT2D eigenvalue weighted by Gasteiger charge is -2.35. The Morgan fingerprint density at radius 2 is 1.84 bits per heavy atom. The quantitative estimate of drug-likeness (QED) is 0.580. The van der Waals surface area contributed by atoms with E-state index in [1.54, 1.807) is 7.11 Å². The molecule has 0 saturated heterocycles. The number of ether oxygens (including phenoxy) is 1. The predicted octanol–water partition coefficient (Wildman–Crippen LogP) is 3.98. The average Bonchev–Trinajstić information content (AvgIpc) is 2.65. The van der Waals surface area contributed by atoms with E-state index in [9.17, 15) is 0 Å². The summed E-state index contributed by atoms with van der Waals surface area (Å²) < 4.78 is 6.12. The second-order valence-corrected chi connectivity index (χ2v) is 7.97. The van der Waals surface area contributed by atoms with Crippen LogP contribution in [-0.4, -0.2) is 61.3 Å². The largest absolute Gasteiger partial charge is 0.383 e. The predicted molar refractivity (Wildman–Crippen MR) is 107 cm³/mol. The highest BCUT2D eigenvalue weighted by Crippen LogP contribution is 2.31. The lowest BCUT2D eigenvalue weighted by atomic mass is 9.83. The second-order valence-electron chi connectivity index (χ2n) is 7.06. The third kappa shape index (κ3) is 6.83. The van der Waals surface area contributed by atoms with Crippen molar-refractivity contribution >= 4 is 21.9 Å². The molecule has 1 fully saturated rings. The van der Waals surface area contributed by atoms with Gasteiger partial charge in [-0.15, -0.1) is 0 Å². The minimum absolute atomic E-state index is 0.575. The smallest absolute Gasteiger partial charge is 0.225 e. The van der Waals surface area contributed by atoms with Crippen LogP contribution in [0.2, 0.25) is 0 Å². The Bertz CT molecular complexity index is 477. The van der Waals surface area contributed by atoms with E-state index in [1.165, 1.54) is 45.1 Å². The van der Waals surface area contributed by atoms with Crippen LogP contribution in [0.5, 0.6) is 0 Å². The number of aromatic nitrogens is 2. The third-order valence-corrected chi connectivity index (χ3v) is 5.84. The Morgan fingerprint density at radius 1 is 1.16 bits per heavy atom. The van der Waals surface area contributed by atoms with Gasteiger partial charge >= 0.3 is 0 Å². The van der Waals surface area contributed by atoms with Gasteiger partial charge in [-0.05, 0) is 73.5 Å². The summed E-state index contributed by atoms with van der Waals surface area (Å²) in [5.74, 6) is 1.72. The normalized spacial score (nSPS) is 20.8. The number of hydrogen-bond donors (Lipinski definition) is 0. The minimum atomic E-state index is 0.575. The highest BCUT2D eigenvalue weighted by molar-refractivity contribution is 9.10. The van der Waals surface area contributed by atoms with E-state index in [0.717, 1.165) is 36.0 Å². The van der Waals surface area contributed by atoms with Gasteiger partial charge < -0.3 is 14.5 Å². The summed E-state index contributed by atoms with van der Waals surface area (Å²) in [5.41, 5.74) is 0. The van der Waals surface area contributed by atoms with Crippen LogP contribution in [0.25, 0.3) is 0 Å². The van der Waals surface area contributed by atoms with Crippen LogP contribution >= 0.6 is 15.9 Å². The molecule has 6 heteroatoms. The summed E-state index contributed by atoms with van der Waals surface area (Å²) in [7, 11) is 3.91. The molecular formula is C19H33BrN4O. The number of halogens is 1. The average molecular weight is 413 g/mol. The monoisotopic (exact) mass is 412 g/mol. The van der Waals surface area contributed by atoms with Crippen molar-refractivity contribution in [3.05, 3.63) is 16.9 Å². The number of hydrogen-bond acceptors (Lipinski definition) is 5. The summed E-state index contributed by atoms with van der Waals surface area (Å²) in [6.07, 6.45) is 11.5. The van der Waals surface area contributed by atoms with Crippen LogP contribution in [0, 0.1) is 5.92 Å². The first kappa shape index (κ1) is 20.6. The fourth-order valence-corrected chi connectivity index (χ4v) is 3.93. The van der Waals surface area contributed by atoms with Crippen molar-refractivity contribution in [1.29, 1.82) is 0 Å². The van der Waals surface area contributed by atoms with Crippen LogP contribution in [0.1, 0.15) is 45.4 Å². The van der Waals surface area contributed by atoms with E-state index in [2.05, 4.69) is 49.7 Å². The van der Waals surface area contributed by atoms with Crippen LogP contribution < -0.4 is 4.90 Å². The molecule has 1 aromatic heterocycles. The molecule has 1 aliphatic rings. The summed E-state index contributed by atoms with van der Waals surface area (Å²) in [6.45, 7) is 6.45. The fourth-order valence-electron chi connectivity index (χ4n) is 3.72. The van der Waals surface area contributed by atoms with Crippen LogP contribution in [0.3, 0.4) is 0 Å². The van der Waals surface area contributed by atoms with Gasteiger partial charge in [0.2, 0.25) is 5.95 Å². The maximum atomic E-state index is 5.19. The maximum absolute atomic E-state index is 5.19. The number of methoxy groups -OCH3 is 1. The Labute approximate surface area is 161 Å². The first-order chi connectivity index (χ1) is 12.1. The topological polar surface area (TPSA) is 41.5 Å². The molecule has 1 heterocycles. The lowest BCUT2D eigenvalue weighted by Crippen LogP contribution is -2.36. The van der Waals surface area contributed by atoms with Crippen molar-refractivity contribution in [2.24, 2.45) is 5.92 Å². The molecule has 0 bridgehead atoms. The molecule has 0 amide bonds. The Kier molecular flexibility index (Phi) is 9.13. The zero-order valence-corrected chi connectivity index (χ0v) is 17.5. The molecule has 0 atom stereocenters. The van der Waals surface area contributed by atoms with Gasteiger partial charge in [0.25, 0.3) is 0 Å². The third-order valence-electron chi connectivity index (χ3n) is 5.43. The summed E-state index contributed by atoms with van der Waals surface area (Å²) >= 11 is 3.40. The standard InChI is InChI=1S/C19H33BrN4O/c1-4-24(12-13-25-3)11-5-6-16-7-9-18(10-8-16)23(2)19-21-14-17(20)15-22-19/h14-16,18H,4-13H2,1-3H3/t16-,18-. The molecule has 1 saturated carbocycles. The SMILES string of the molecule is CCN(CCC[C@H]1CC[C@H](N(C)c2ncc(Br)cn2)CC1)CCOC. The van der Waals surface area contributed by atoms with Gasteiger partial charge in [-0.25, -0.2) is 9.97 Å². The van der Waals surface area contributed by atoms with E-state index >= 15 is 0 Å². The lowest BCUT2D eigenvalue weighted by molar-refractivity contribution is 0.147. The van der Waals surface area contributed by atoms with E-state index in [0.29, 0.717) is 6.04 Å². The van der Waals surface area contributed by atoms with Crippen molar-refractivity contribution in [2.75, 3.05) is 45.3 Å². The van der Waals surface area contributed by atoms with Gasteiger partial charge in [0.15, 0.2) is 0 Å². The van der Waals surface area contributed by atoms with Gasteiger partial charge in [0.1, 0.15) is 0 Å². The molecule has 0 spiro atoms. The number of likely N-dealkylation sites (N-methyl/N-ethyl adjacent to an activating group) is 1. The van der Waals surface area contributed by atoms with Crippen LogP contribution in [0.4, 0.5) is 5.95 Å². The van der Waals surface area contributed by atoms with E-state index in [4.69, 9.17) is 4.74 Å². The maximum Gasteiger partial charge on any atom is 0.225 e. The van der Waals surface area contributed by atoms with Crippen molar-refractivity contribution in [3.8, 4) is 0 Å². The molecule has 1 aromatic rings. The molecule has 0 unspecified atom stereocenters. The molecule has 0 aromatic carbocycles. The fraction of sp³-hybridized carbons (Fsp3) is 0.789. The summed E-state index contributed by atoms with van der Waals surface area (Å²) in [6, 6.07) is 0.575. The van der Waals surface area contributed by atoms with Gasteiger partial charge in [-0.1, -0.05) is 6.92 Å². The molecule has 2 rings (SSSR count). The number of rotatable bonds is 10. The molecule has 142 valence electrons. The van der Waals surface area contributed by atoms with Crippen molar-refractivity contribution in [2.45, 2.75) is 51.5 Å². The van der Waals surface area contributed by atoms with Crippen molar-refractivity contribution in [3.63, 3.8) is 0 Å². The Balaban J connectivity index is 1.68. The highest BCUT2D eigenvalue weighted by Gasteiger charge is 2.25.